The van der Waals surface area contributed by atoms with Gasteiger partial charge in [-0.1, -0.05) is 84.3 Å². The summed E-state index contributed by atoms with van der Waals surface area (Å²) in [4.78, 5) is 11.5. The van der Waals surface area contributed by atoms with Crippen LogP contribution in [0, 0.1) is 17.8 Å². The van der Waals surface area contributed by atoms with E-state index < -0.39 is 6.10 Å². The van der Waals surface area contributed by atoms with Gasteiger partial charge in [0.05, 0.1) is 6.61 Å². The summed E-state index contributed by atoms with van der Waals surface area (Å²) in [5, 5.41) is 17.8. The summed E-state index contributed by atoms with van der Waals surface area (Å²) in [5.41, 5.74) is 1.33. The SMILES string of the molecule is C/C(=C\CCC(=O)OCC(O)CO)CCCC(C)CCCC(C)CCCC(C)C. The van der Waals surface area contributed by atoms with Crippen LogP contribution in [0.5, 0.6) is 0 Å². The number of ether oxygens (including phenoxy) is 1. The molecule has 0 heterocycles. The first-order valence-corrected chi connectivity index (χ1v) is 11.8. The Morgan fingerprint density at radius 3 is 2.00 bits per heavy atom. The Balaban J connectivity index is 3.72. The molecule has 0 aliphatic carbocycles. The van der Waals surface area contributed by atoms with E-state index in [0.717, 1.165) is 24.2 Å². The molecule has 0 aliphatic heterocycles. The van der Waals surface area contributed by atoms with Gasteiger partial charge in [-0.25, -0.2) is 0 Å². The summed E-state index contributed by atoms with van der Waals surface area (Å²) in [6.07, 6.45) is 13.9. The van der Waals surface area contributed by atoms with Crippen molar-refractivity contribution >= 4 is 5.97 Å². The number of hydrogen-bond acceptors (Lipinski definition) is 4. The van der Waals surface area contributed by atoms with Crippen molar-refractivity contribution in [1.82, 2.24) is 0 Å². The number of hydrogen-bond donors (Lipinski definition) is 2. The third-order valence-electron chi connectivity index (χ3n) is 5.63. The zero-order valence-electron chi connectivity index (χ0n) is 19.8. The second-order valence-corrected chi connectivity index (χ2v) is 9.47. The summed E-state index contributed by atoms with van der Waals surface area (Å²) in [6, 6.07) is 0. The average molecular weight is 413 g/mol. The van der Waals surface area contributed by atoms with Gasteiger partial charge >= 0.3 is 5.97 Å². The Morgan fingerprint density at radius 1 is 0.897 bits per heavy atom. The zero-order chi connectivity index (χ0) is 22.1. The van der Waals surface area contributed by atoms with Crippen molar-refractivity contribution in [2.75, 3.05) is 13.2 Å². The minimum atomic E-state index is -0.980. The number of aliphatic hydroxyl groups is 2. The number of aliphatic hydroxyl groups excluding tert-OH is 2. The van der Waals surface area contributed by atoms with Crippen molar-refractivity contribution in [3.05, 3.63) is 11.6 Å². The summed E-state index contributed by atoms with van der Waals surface area (Å²) in [7, 11) is 0. The molecule has 0 aromatic rings. The van der Waals surface area contributed by atoms with Crippen molar-refractivity contribution in [3.63, 3.8) is 0 Å². The fraction of sp³-hybridized carbons (Fsp3) is 0.880. The molecule has 0 fully saturated rings. The lowest BCUT2D eigenvalue weighted by Gasteiger charge is -2.15. The number of rotatable bonds is 18. The van der Waals surface area contributed by atoms with Crippen LogP contribution in [0.1, 0.15) is 105 Å². The van der Waals surface area contributed by atoms with Crippen LogP contribution >= 0.6 is 0 Å². The van der Waals surface area contributed by atoms with Gasteiger partial charge in [-0.2, -0.15) is 0 Å². The van der Waals surface area contributed by atoms with Gasteiger partial charge in [-0.3, -0.25) is 4.79 Å². The van der Waals surface area contributed by atoms with E-state index in [2.05, 4.69) is 40.7 Å². The van der Waals surface area contributed by atoms with E-state index in [1.165, 1.54) is 56.9 Å². The van der Waals surface area contributed by atoms with E-state index in [9.17, 15) is 4.79 Å². The summed E-state index contributed by atoms with van der Waals surface area (Å²) < 4.78 is 4.90. The van der Waals surface area contributed by atoms with E-state index >= 15 is 0 Å². The first kappa shape index (κ1) is 28.1. The van der Waals surface area contributed by atoms with Crippen LogP contribution in [-0.4, -0.2) is 35.5 Å². The Kier molecular flexibility index (Phi) is 17.4. The van der Waals surface area contributed by atoms with Crippen molar-refractivity contribution < 1.29 is 19.7 Å². The number of carbonyl (C=O) groups excluding carboxylic acids is 1. The van der Waals surface area contributed by atoms with Crippen molar-refractivity contribution in [3.8, 4) is 0 Å². The van der Waals surface area contributed by atoms with Crippen LogP contribution in [0.4, 0.5) is 0 Å². The van der Waals surface area contributed by atoms with Crippen LogP contribution < -0.4 is 0 Å². The molecule has 3 unspecified atom stereocenters. The van der Waals surface area contributed by atoms with Crippen molar-refractivity contribution in [2.24, 2.45) is 17.8 Å². The smallest absolute Gasteiger partial charge is 0.306 e. The van der Waals surface area contributed by atoms with Gasteiger partial charge in [0.25, 0.3) is 0 Å². The minimum absolute atomic E-state index is 0.132. The van der Waals surface area contributed by atoms with Gasteiger partial charge in [-0.15, -0.1) is 0 Å². The molecule has 0 aromatic heterocycles. The fourth-order valence-electron chi connectivity index (χ4n) is 3.56. The van der Waals surface area contributed by atoms with Gasteiger partial charge in [0.1, 0.15) is 12.7 Å². The third-order valence-corrected chi connectivity index (χ3v) is 5.63. The lowest BCUT2D eigenvalue weighted by atomic mass is 9.91. The maximum atomic E-state index is 11.5. The number of allylic oxidation sites excluding steroid dienone is 2. The fourth-order valence-corrected chi connectivity index (χ4v) is 3.56. The second-order valence-electron chi connectivity index (χ2n) is 9.47. The molecule has 2 N–H and O–H groups in total. The quantitative estimate of drug-likeness (QED) is 0.212. The monoisotopic (exact) mass is 412 g/mol. The predicted molar refractivity (Wildman–Crippen MR) is 122 cm³/mol. The minimum Gasteiger partial charge on any atom is -0.463 e. The van der Waals surface area contributed by atoms with Gasteiger partial charge in [0, 0.05) is 6.42 Å². The Hall–Kier alpha value is -0.870. The molecule has 3 atom stereocenters. The molecule has 4 nitrogen and oxygen atoms in total. The van der Waals surface area contributed by atoms with Crippen LogP contribution in [0.15, 0.2) is 11.6 Å². The topological polar surface area (TPSA) is 66.8 Å². The normalized spacial score (nSPS) is 15.4. The van der Waals surface area contributed by atoms with E-state index in [0.29, 0.717) is 12.8 Å². The molecule has 0 spiro atoms. The highest BCUT2D eigenvalue weighted by Gasteiger charge is 2.08. The van der Waals surface area contributed by atoms with Crippen LogP contribution in [-0.2, 0) is 9.53 Å². The predicted octanol–water partition coefficient (Wildman–Crippen LogP) is 6.05. The molecule has 0 aromatic carbocycles. The van der Waals surface area contributed by atoms with Crippen LogP contribution in [0.3, 0.4) is 0 Å². The first-order chi connectivity index (χ1) is 13.7. The highest BCUT2D eigenvalue weighted by Crippen LogP contribution is 2.22. The Bertz CT molecular complexity index is 431. The molecular formula is C25H48O4. The molecule has 29 heavy (non-hydrogen) atoms. The average Bonchev–Trinajstić information content (AvgIpc) is 2.65. The molecule has 172 valence electrons. The molecule has 0 saturated heterocycles. The lowest BCUT2D eigenvalue weighted by Crippen LogP contribution is -2.21. The van der Waals surface area contributed by atoms with Crippen LogP contribution in [0.25, 0.3) is 0 Å². The van der Waals surface area contributed by atoms with Gasteiger partial charge in [-0.05, 0) is 43.9 Å². The lowest BCUT2D eigenvalue weighted by molar-refractivity contribution is -0.147. The van der Waals surface area contributed by atoms with E-state index in [1.54, 1.807) is 0 Å². The maximum Gasteiger partial charge on any atom is 0.306 e. The molecule has 0 rings (SSSR count). The Morgan fingerprint density at radius 2 is 1.45 bits per heavy atom. The Labute approximate surface area is 180 Å². The first-order valence-electron chi connectivity index (χ1n) is 11.8. The van der Waals surface area contributed by atoms with E-state index in [-0.39, 0.29) is 19.2 Å². The molecule has 0 amide bonds. The molecule has 0 bridgehead atoms. The van der Waals surface area contributed by atoms with E-state index in [4.69, 9.17) is 14.9 Å². The van der Waals surface area contributed by atoms with Crippen LogP contribution in [0.2, 0.25) is 0 Å². The standard InChI is InChI=1S/C25H48O4/c1-20(2)10-6-11-21(3)12-7-13-22(4)14-8-15-23(5)16-9-17-25(28)29-19-24(27)18-26/h16,20-22,24,26-27H,6-15,17-19H2,1-5H3/b23-16+. The maximum absolute atomic E-state index is 11.5. The zero-order valence-corrected chi connectivity index (χ0v) is 19.8. The summed E-state index contributed by atoms with van der Waals surface area (Å²) >= 11 is 0. The molecule has 0 radical (unpaired) electrons. The summed E-state index contributed by atoms with van der Waals surface area (Å²) in [5.74, 6) is 2.16. The molecule has 4 heteroatoms. The van der Waals surface area contributed by atoms with Gasteiger partial charge in [0.2, 0.25) is 0 Å². The van der Waals surface area contributed by atoms with Crippen molar-refractivity contribution in [2.45, 2.75) is 111 Å². The molecule has 0 saturated carbocycles. The second kappa shape index (κ2) is 17.9. The van der Waals surface area contributed by atoms with E-state index in [1.807, 2.05) is 0 Å². The summed E-state index contributed by atoms with van der Waals surface area (Å²) in [6.45, 7) is 11.0. The molecular weight excluding hydrogens is 364 g/mol. The highest BCUT2D eigenvalue weighted by molar-refractivity contribution is 5.69. The number of esters is 1. The number of carbonyl (C=O) groups is 1. The van der Waals surface area contributed by atoms with Gasteiger partial charge in [0.15, 0.2) is 0 Å². The van der Waals surface area contributed by atoms with Crippen molar-refractivity contribution in [1.29, 1.82) is 0 Å². The van der Waals surface area contributed by atoms with Gasteiger partial charge < -0.3 is 14.9 Å². The molecule has 0 aliphatic rings. The third kappa shape index (κ3) is 18.9. The largest absolute Gasteiger partial charge is 0.463 e. The highest BCUT2D eigenvalue weighted by atomic mass is 16.5.